The van der Waals surface area contributed by atoms with Gasteiger partial charge in [-0.2, -0.15) is 0 Å². The molecule has 0 unspecified atom stereocenters. The van der Waals surface area contributed by atoms with Crippen molar-refractivity contribution in [3.8, 4) is 5.75 Å². The van der Waals surface area contributed by atoms with Crippen LogP contribution in [0, 0.1) is 28.6 Å². The Hall–Kier alpha value is -6.60. The molecule has 6 aliphatic rings. The molecule has 5 N–H and O–H groups in total. The summed E-state index contributed by atoms with van der Waals surface area (Å²) in [6.45, 7) is 12.3. The molecule has 12 atom stereocenters. The van der Waals surface area contributed by atoms with E-state index < -0.39 is 118 Å². The van der Waals surface area contributed by atoms with Crippen molar-refractivity contribution in [1.29, 1.82) is 0 Å². The van der Waals surface area contributed by atoms with Crippen LogP contribution in [0.25, 0.3) is 0 Å². The van der Waals surface area contributed by atoms with Crippen molar-refractivity contribution >= 4 is 58.4 Å². The zero-order valence-electron chi connectivity index (χ0n) is 49.0. The van der Waals surface area contributed by atoms with Crippen LogP contribution in [0.1, 0.15) is 85.6 Å². The Morgan fingerprint density at radius 2 is 1.42 bits per heavy atom. The van der Waals surface area contributed by atoms with E-state index in [2.05, 4.69) is 21.3 Å². The van der Waals surface area contributed by atoms with Crippen molar-refractivity contribution < 1.29 is 85.4 Å². The van der Waals surface area contributed by atoms with Gasteiger partial charge in [0, 0.05) is 47.6 Å². The second-order valence-electron chi connectivity index (χ2n) is 23.3. The van der Waals surface area contributed by atoms with E-state index in [0.29, 0.717) is 63.8 Å². The van der Waals surface area contributed by atoms with Crippen molar-refractivity contribution in [2.75, 3.05) is 76.2 Å². The average molecular weight is 1190 g/mol. The maximum absolute atomic E-state index is 17.9. The van der Waals surface area contributed by atoms with Crippen LogP contribution < -0.4 is 30.9 Å². The molecule has 0 aromatic heterocycles. The molecule has 462 valence electrons. The summed E-state index contributed by atoms with van der Waals surface area (Å²) >= 11 is 0. The lowest BCUT2D eigenvalue weighted by Gasteiger charge is -2.63. The summed E-state index contributed by atoms with van der Waals surface area (Å²) in [5.41, 5.74) is -5.22. The second kappa shape index (κ2) is 27.8. The summed E-state index contributed by atoms with van der Waals surface area (Å²) in [5.74, 6) is -5.15. The number of ketones is 2. The van der Waals surface area contributed by atoms with Crippen LogP contribution in [0.15, 0.2) is 84.5 Å². The standard InChI is InChI=1S/C62H79F2N5O16/c1-7-8-55-84-50-34-44-45-33-47(63)46-32-42(70)19-21-59(46,5)61(45,64)48(71)35-60(44,6)62(50,85-55)49(72)36-83-43-15-11-40(12-16-43)67-57(77)38(4)66-58(78)56(37(2)3)68-51(73)20-23-79-25-27-81-29-30-82-28-26-80-24-22-65-52(74)31-39-9-13-41(14-10-39)69-53(75)17-18-54(69)76/h9-19,21,32,37-38,44-45,47-48,50,55-56,71H,7-8,20,22-31,33-36H2,1-6H3,(H,65,74)(H,66,78)(H,67,77)(H,68,73)/t38-,44-,45-,47-,48-,50+,55+,56-,59-,60-,61-,62+/m0/s1. The Labute approximate surface area is 493 Å². The van der Waals surface area contributed by atoms with Gasteiger partial charge in [-0.1, -0.05) is 52.3 Å². The molecule has 2 aromatic carbocycles. The summed E-state index contributed by atoms with van der Waals surface area (Å²) in [4.78, 5) is 104. The smallest absolute Gasteiger partial charge is 0.258 e. The van der Waals surface area contributed by atoms with Crippen molar-refractivity contribution in [1.82, 2.24) is 16.0 Å². The molecular weight excluding hydrogens is 1110 g/mol. The Morgan fingerprint density at radius 3 is 2.06 bits per heavy atom. The highest BCUT2D eigenvalue weighted by molar-refractivity contribution is 6.28. The SMILES string of the molecule is CCC[C@@H]1O[C@@H]2C[C@H]3[C@@H]4C[C@H](F)C5=CC(=O)C=C[C@]5(C)[C@@]4(F)[C@@H](O)C[C@]3(C)[C@]2(C(=O)COc2ccc(NC(=O)[C@H](C)NC(=O)[C@@H](NC(=O)CCOCCOCCOCCOCCNC(=O)Cc3ccc(N4C(=O)C=CC4=O)cc3)C(C)C)cc2)O1. The number of hydrogen-bond donors (Lipinski definition) is 5. The number of imide groups is 1. The fourth-order valence-electron chi connectivity index (χ4n) is 13.0. The quantitative estimate of drug-likeness (QED) is 0.0525. The molecule has 6 amide bonds. The number of Topliss-reactive ketones (excluding diaryl/α,β-unsaturated/α-hetero) is 1. The first-order valence-electron chi connectivity index (χ1n) is 29.2. The zero-order valence-corrected chi connectivity index (χ0v) is 49.0. The van der Waals surface area contributed by atoms with Gasteiger partial charge in [0.1, 0.15) is 30.6 Å². The van der Waals surface area contributed by atoms with Gasteiger partial charge < -0.3 is 59.5 Å². The van der Waals surface area contributed by atoms with E-state index in [0.717, 1.165) is 16.5 Å². The van der Waals surface area contributed by atoms with E-state index in [-0.39, 0.29) is 75.1 Å². The fourth-order valence-corrected chi connectivity index (χ4v) is 13.0. The van der Waals surface area contributed by atoms with E-state index in [1.165, 1.54) is 38.2 Å². The topological polar surface area (TPSA) is 273 Å². The molecule has 2 aromatic rings. The third-order valence-electron chi connectivity index (χ3n) is 17.4. The lowest BCUT2D eigenvalue weighted by molar-refractivity contribution is -0.234. The molecule has 0 bridgehead atoms. The molecule has 3 saturated carbocycles. The summed E-state index contributed by atoms with van der Waals surface area (Å²) in [6.07, 6.45) is 2.32. The van der Waals surface area contributed by atoms with Gasteiger partial charge in [-0.25, -0.2) is 13.7 Å². The number of aliphatic hydroxyl groups excluding tert-OH is 1. The molecule has 2 heterocycles. The first kappa shape index (κ1) is 64.4. The van der Waals surface area contributed by atoms with Gasteiger partial charge in [-0.15, -0.1) is 0 Å². The lowest BCUT2D eigenvalue weighted by Crippen LogP contribution is -2.71. The van der Waals surface area contributed by atoms with E-state index in [9.17, 15) is 43.5 Å². The van der Waals surface area contributed by atoms with Crippen molar-refractivity contribution in [3.05, 3.63) is 90.0 Å². The van der Waals surface area contributed by atoms with Gasteiger partial charge in [0.2, 0.25) is 29.4 Å². The summed E-state index contributed by atoms with van der Waals surface area (Å²) in [7, 11) is 0. The predicted molar refractivity (Wildman–Crippen MR) is 304 cm³/mol. The number of halogens is 2. The number of rotatable bonds is 30. The minimum Gasteiger partial charge on any atom is -0.486 e. The summed E-state index contributed by atoms with van der Waals surface area (Å²) in [5, 5.41) is 22.8. The van der Waals surface area contributed by atoms with Crippen molar-refractivity contribution in [2.24, 2.45) is 28.6 Å². The first-order valence-corrected chi connectivity index (χ1v) is 29.2. The van der Waals surface area contributed by atoms with Crippen LogP contribution in [-0.4, -0.2) is 166 Å². The Balaban J connectivity index is 0.690. The second-order valence-corrected chi connectivity index (χ2v) is 23.3. The van der Waals surface area contributed by atoms with Crippen LogP contribution in [0.4, 0.5) is 20.2 Å². The summed E-state index contributed by atoms with van der Waals surface area (Å²) in [6, 6.07) is 10.9. The summed E-state index contributed by atoms with van der Waals surface area (Å²) < 4.78 is 75.1. The van der Waals surface area contributed by atoms with Gasteiger partial charge in [0.05, 0.1) is 77.2 Å². The zero-order chi connectivity index (χ0) is 61.3. The molecule has 23 heteroatoms. The van der Waals surface area contributed by atoms with Gasteiger partial charge in [0.15, 0.2) is 23.3 Å². The van der Waals surface area contributed by atoms with E-state index in [1.54, 1.807) is 69.3 Å². The molecule has 2 aliphatic heterocycles. The molecular formula is C62H79F2N5O16. The Bertz CT molecular complexity index is 2870. The van der Waals surface area contributed by atoms with Crippen LogP contribution >= 0.6 is 0 Å². The number of benzene rings is 2. The molecule has 4 fully saturated rings. The van der Waals surface area contributed by atoms with Crippen molar-refractivity contribution in [2.45, 2.75) is 135 Å². The normalized spacial score (nSPS) is 28.9. The molecule has 85 heavy (non-hydrogen) atoms. The predicted octanol–water partition coefficient (Wildman–Crippen LogP) is 4.67. The third kappa shape index (κ3) is 13.8. The monoisotopic (exact) mass is 1190 g/mol. The molecule has 21 nitrogen and oxygen atoms in total. The number of aliphatic hydroxyl groups is 1. The Kier molecular flexibility index (Phi) is 21.1. The van der Waals surface area contributed by atoms with Crippen LogP contribution in [0.5, 0.6) is 5.75 Å². The van der Waals surface area contributed by atoms with Gasteiger partial charge in [0.25, 0.3) is 11.8 Å². The van der Waals surface area contributed by atoms with E-state index in [1.807, 2.05) is 6.92 Å². The maximum Gasteiger partial charge on any atom is 0.258 e. The minimum absolute atomic E-state index is 0.0110. The molecule has 8 rings (SSSR count). The molecule has 1 saturated heterocycles. The number of anilines is 2. The van der Waals surface area contributed by atoms with E-state index >= 15 is 8.78 Å². The van der Waals surface area contributed by atoms with Gasteiger partial charge in [-0.05, 0) is 111 Å². The van der Waals surface area contributed by atoms with Gasteiger partial charge >= 0.3 is 0 Å². The highest BCUT2D eigenvalue weighted by Gasteiger charge is 2.80. The van der Waals surface area contributed by atoms with Crippen LogP contribution in [0.3, 0.4) is 0 Å². The number of nitrogens with one attached hydrogen (secondary N) is 4. The molecule has 0 radical (unpaired) electrons. The van der Waals surface area contributed by atoms with Gasteiger partial charge in [-0.3, -0.25) is 38.4 Å². The number of nitrogens with zero attached hydrogens (tertiary/aromatic N) is 1. The number of amides is 6. The number of allylic oxidation sites excluding steroid dienone is 4. The number of hydrogen-bond acceptors (Lipinski definition) is 16. The third-order valence-corrected chi connectivity index (χ3v) is 17.4. The lowest BCUT2D eigenvalue weighted by atomic mass is 9.44. The highest BCUT2D eigenvalue weighted by Crippen LogP contribution is 2.72. The average Bonchev–Trinajstić information content (AvgIpc) is 1.61. The number of fused-ring (bicyclic) bond motifs is 7. The maximum atomic E-state index is 17.9. The number of carbonyl (C=O) groups is 8. The minimum atomic E-state index is -2.34. The van der Waals surface area contributed by atoms with E-state index in [4.69, 9.17) is 33.2 Å². The highest BCUT2D eigenvalue weighted by atomic mass is 19.1. The fraction of sp³-hybridized carbons (Fsp3) is 0.581. The number of carbonyl (C=O) groups excluding carboxylic acids is 8. The van der Waals surface area contributed by atoms with Crippen LogP contribution in [-0.2, 0) is 73.2 Å². The molecule has 4 aliphatic carbocycles. The molecule has 0 spiro atoms. The number of alkyl halides is 2. The first-order chi connectivity index (χ1) is 40.6. The largest absolute Gasteiger partial charge is 0.486 e. The number of ether oxygens (including phenoxy) is 7. The van der Waals surface area contributed by atoms with Crippen LogP contribution in [0.2, 0.25) is 0 Å². The van der Waals surface area contributed by atoms with Crippen molar-refractivity contribution in [3.63, 3.8) is 0 Å². The Morgan fingerprint density at radius 1 is 0.788 bits per heavy atom.